The average molecular weight is 236 g/mol. The molecule has 0 fully saturated rings. The van der Waals surface area contributed by atoms with E-state index in [2.05, 4.69) is 5.10 Å². The maximum absolute atomic E-state index is 11.1. The van der Waals surface area contributed by atoms with Gasteiger partial charge in [-0.3, -0.25) is 4.79 Å². The largest absolute Gasteiger partial charge is 0.298 e. The number of carbonyl (C=O) groups excluding carboxylic acids is 1. The van der Waals surface area contributed by atoms with Crippen LogP contribution in [0.15, 0.2) is 48.5 Å². The lowest BCUT2D eigenvalue weighted by Gasteiger charge is -2.05. The van der Waals surface area contributed by atoms with Gasteiger partial charge in [-0.25, -0.2) is 4.68 Å². The summed E-state index contributed by atoms with van der Waals surface area (Å²) in [5.41, 5.74) is 3.44. The van der Waals surface area contributed by atoms with Crippen LogP contribution in [-0.4, -0.2) is 16.1 Å². The topological polar surface area (TPSA) is 34.9 Å². The van der Waals surface area contributed by atoms with E-state index in [1.54, 1.807) is 6.07 Å². The van der Waals surface area contributed by atoms with Gasteiger partial charge in [0.25, 0.3) is 0 Å². The fourth-order valence-electron chi connectivity index (χ4n) is 2.19. The summed E-state index contributed by atoms with van der Waals surface area (Å²) in [5.74, 6) is 0. The molecule has 3 nitrogen and oxygen atoms in total. The third-order valence-corrected chi connectivity index (χ3v) is 3.06. The molecule has 0 aliphatic carbocycles. The normalized spacial score (nSPS) is 10.7. The molecule has 0 unspecified atom stereocenters. The Bertz CT molecular complexity index is 728. The zero-order chi connectivity index (χ0) is 12.5. The van der Waals surface area contributed by atoms with Crippen molar-refractivity contribution in [2.24, 2.45) is 0 Å². The number of rotatable bonds is 2. The monoisotopic (exact) mass is 236 g/mol. The third kappa shape index (κ3) is 1.52. The van der Waals surface area contributed by atoms with Gasteiger partial charge >= 0.3 is 0 Å². The average Bonchev–Trinajstić information content (AvgIpc) is 2.77. The van der Waals surface area contributed by atoms with E-state index in [-0.39, 0.29) is 0 Å². The molecule has 18 heavy (non-hydrogen) atoms. The number of benzene rings is 2. The lowest BCUT2D eigenvalue weighted by atomic mass is 10.2. The van der Waals surface area contributed by atoms with Crippen molar-refractivity contribution >= 4 is 17.2 Å². The number of carbonyl (C=O) groups is 1. The lowest BCUT2D eigenvalue weighted by molar-refractivity contribution is 0.112. The van der Waals surface area contributed by atoms with Crippen molar-refractivity contribution in [1.82, 2.24) is 9.78 Å². The molecule has 88 valence electrons. The number of aromatic nitrogens is 2. The Morgan fingerprint density at radius 1 is 1.06 bits per heavy atom. The van der Waals surface area contributed by atoms with Crippen LogP contribution in [0.2, 0.25) is 0 Å². The summed E-state index contributed by atoms with van der Waals surface area (Å²) in [7, 11) is 0. The van der Waals surface area contributed by atoms with Crippen molar-refractivity contribution in [3.63, 3.8) is 0 Å². The summed E-state index contributed by atoms with van der Waals surface area (Å²) in [4.78, 5) is 11.1. The zero-order valence-electron chi connectivity index (χ0n) is 10.00. The Morgan fingerprint density at radius 3 is 2.61 bits per heavy atom. The van der Waals surface area contributed by atoms with Crippen LogP contribution in [0.3, 0.4) is 0 Å². The molecule has 1 heterocycles. The van der Waals surface area contributed by atoms with Gasteiger partial charge < -0.3 is 0 Å². The number of aldehydes is 1. The molecule has 3 rings (SSSR count). The third-order valence-electron chi connectivity index (χ3n) is 3.06. The number of para-hydroxylation sites is 2. The number of aryl methyl sites for hydroxylation is 1. The van der Waals surface area contributed by atoms with Gasteiger partial charge in [0.15, 0.2) is 6.29 Å². The number of nitrogens with zero attached hydrogens (tertiary/aromatic N) is 2. The molecule has 3 aromatic rings. The van der Waals surface area contributed by atoms with Crippen molar-refractivity contribution < 1.29 is 4.79 Å². The van der Waals surface area contributed by atoms with Crippen LogP contribution >= 0.6 is 0 Å². The molecule has 0 atom stereocenters. The second kappa shape index (κ2) is 4.11. The first-order valence-electron chi connectivity index (χ1n) is 5.80. The molecular weight excluding hydrogens is 224 g/mol. The zero-order valence-corrected chi connectivity index (χ0v) is 10.00. The molecule has 0 saturated heterocycles. The van der Waals surface area contributed by atoms with Crippen LogP contribution in [0.1, 0.15) is 16.1 Å². The Balaban J connectivity index is 2.35. The fraction of sp³-hybridized carbons (Fsp3) is 0.0667. The van der Waals surface area contributed by atoms with Crippen LogP contribution in [0.5, 0.6) is 0 Å². The SMILES string of the molecule is Cc1nn(-c2ccccc2C=O)c2ccccc12. The molecule has 0 amide bonds. The van der Waals surface area contributed by atoms with Crippen LogP contribution < -0.4 is 0 Å². The van der Waals surface area contributed by atoms with Gasteiger partial charge in [-0.1, -0.05) is 30.3 Å². The maximum Gasteiger partial charge on any atom is 0.152 e. The van der Waals surface area contributed by atoms with Crippen LogP contribution in [0.25, 0.3) is 16.6 Å². The molecular formula is C15H12N2O. The Labute approximate surface area is 105 Å². The van der Waals surface area contributed by atoms with E-state index in [4.69, 9.17) is 0 Å². The first-order chi connectivity index (χ1) is 8.81. The summed E-state index contributed by atoms with van der Waals surface area (Å²) in [6.07, 6.45) is 0.862. The predicted octanol–water partition coefficient (Wildman–Crippen LogP) is 3.15. The Hall–Kier alpha value is -2.42. The summed E-state index contributed by atoms with van der Waals surface area (Å²) in [5, 5.41) is 5.64. The van der Waals surface area contributed by atoms with Crippen molar-refractivity contribution in [2.75, 3.05) is 0 Å². The molecule has 1 aromatic heterocycles. The standard InChI is InChI=1S/C15H12N2O/c1-11-13-7-3-5-9-15(13)17(16-11)14-8-4-2-6-12(14)10-18/h2-10H,1H3. The molecule has 2 aromatic carbocycles. The quantitative estimate of drug-likeness (QED) is 0.641. The number of fused-ring (bicyclic) bond motifs is 1. The first kappa shape index (κ1) is 10.7. The van der Waals surface area contributed by atoms with Gasteiger partial charge in [0.2, 0.25) is 0 Å². The highest BCUT2D eigenvalue weighted by atomic mass is 16.1. The van der Waals surface area contributed by atoms with E-state index in [1.165, 1.54) is 0 Å². The van der Waals surface area contributed by atoms with Gasteiger partial charge in [0.1, 0.15) is 0 Å². The Morgan fingerprint density at radius 2 is 1.78 bits per heavy atom. The molecule has 0 saturated carbocycles. The molecule has 0 aliphatic heterocycles. The van der Waals surface area contributed by atoms with E-state index >= 15 is 0 Å². The molecule has 0 bridgehead atoms. The maximum atomic E-state index is 11.1. The van der Waals surface area contributed by atoms with Crippen molar-refractivity contribution in [3.8, 4) is 5.69 Å². The van der Waals surface area contributed by atoms with Crippen molar-refractivity contribution in [3.05, 3.63) is 59.8 Å². The van der Waals surface area contributed by atoms with E-state index in [1.807, 2.05) is 54.1 Å². The van der Waals surface area contributed by atoms with Gasteiger partial charge in [-0.15, -0.1) is 0 Å². The second-order valence-electron chi connectivity index (χ2n) is 4.19. The lowest BCUT2D eigenvalue weighted by Crippen LogP contribution is -2.00. The minimum Gasteiger partial charge on any atom is -0.298 e. The van der Waals surface area contributed by atoms with E-state index in [0.29, 0.717) is 5.56 Å². The van der Waals surface area contributed by atoms with Gasteiger partial charge in [-0.2, -0.15) is 5.10 Å². The fourth-order valence-corrected chi connectivity index (χ4v) is 2.19. The molecule has 0 N–H and O–H groups in total. The summed E-state index contributed by atoms with van der Waals surface area (Å²) >= 11 is 0. The molecule has 3 heteroatoms. The van der Waals surface area contributed by atoms with Gasteiger partial charge in [-0.05, 0) is 25.1 Å². The smallest absolute Gasteiger partial charge is 0.152 e. The van der Waals surface area contributed by atoms with Crippen molar-refractivity contribution in [2.45, 2.75) is 6.92 Å². The van der Waals surface area contributed by atoms with Crippen LogP contribution in [-0.2, 0) is 0 Å². The molecule has 0 aliphatic rings. The van der Waals surface area contributed by atoms with Gasteiger partial charge in [0.05, 0.1) is 16.9 Å². The predicted molar refractivity (Wildman–Crippen MR) is 71.2 cm³/mol. The van der Waals surface area contributed by atoms with E-state index in [0.717, 1.165) is 28.6 Å². The summed E-state index contributed by atoms with van der Waals surface area (Å²) < 4.78 is 1.83. The molecule has 0 radical (unpaired) electrons. The second-order valence-corrected chi connectivity index (χ2v) is 4.19. The highest BCUT2D eigenvalue weighted by Gasteiger charge is 2.10. The van der Waals surface area contributed by atoms with Crippen LogP contribution in [0.4, 0.5) is 0 Å². The van der Waals surface area contributed by atoms with E-state index in [9.17, 15) is 4.79 Å². The minimum absolute atomic E-state index is 0.644. The highest BCUT2D eigenvalue weighted by Crippen LogP contribution is 2.22. The number of hydrogen-bond donors (Lipinski definition) is 0. The van der Waals surface area contributed by atoms with Gasteiger partial charge in [0, 0.05) is 10.9 Å². The summed E-state index contributed by atoms with van der Waals surface area (Å²) in [6.45, 7) is 1.97. The Kier molecular flexibility index (Phi) is 2.45. The molecule has 0 spiro atoms. The first-order valence-corrected chi connectivity index (χ1v) is 5.80. The summed E-state index contributed by atoms with van der Waals surface area (Å²) in [6, 6.07) is 15.5. The highest BCUT2D eigenvalue weighted by molar-refractivity contribution is 5.86. The van der Waals surface area contributed by atoms with Crippen LogP contribution in [0, 0.1) is 6.92 Å². The van der Waals surface area contributed by atoms with Crippen molar-refractivity contribution in [1.29, 1.82) is 0 Å². The van der Waals surface area contributed by atoms with E-state index < -0.39 is 0 Å². The minimum atomic E-state index is 0.644. The number of hydrogen-bond acceptors (Lipinski definition) is 2.